The molecule has 0 aromatic rings. The van der Waals surface area contributed by atoms with Gasteiger partial charge in [0.05, 0.1) is 12.7 Å². The van der Waals surface area contributed by atoms with E-state index in [4.69, 9.17) is 14.2 Å². The Kier molecular flexibility index (Phi) is 6.09. The Morgan fingerprint density at radius 2 is 2.00 bits per heavy atom. The lowest BCUT2D eigenvalue weighted by Gasteiger charge is -2.28. The first-order valence-electron chi connectivity index (χ1n) is 6.73. The summed E-state index contributed by atoms with van der Waals surface area (Å²) in [5, 5.41) is 0. The van der Waals surface area contributed by atoms with Crippen LogP contribution in [0.2, 0.25) is 0 Å². The molecule has 1 fully saturated rings. The smallest absolute Gasteiger partial charge is 0.332 e. The Balaban J connectivity index is 2.15. The van der Waals surface area contributed by atoms with E-state index in [-0.39, 0.29) is 12.6 Å². The monoisotopic (exact) mass is 258 g/mol. The van der Waals surface area contributed by atoms with Crippen LogP contribution in [0.4, 0.5) is 0 Å². The number of rotatable bonds is 5. The number of esters is 1. The van der Waals surface area contributed by atoms with E-state index in [0.29, 0.717) is 18.6 Å². The maximum atomic E-state index is 11.4. The van der Waals surface area contributed by atoms with Gasteiger partial charge in [-0.3, -0.25) is 0 Å². The fraction of sp³-hybridized carbons (Fsp3) is 0.929. The third-order valence-corrected chi connectivity index (χ3v) is 3.06. The molecule has 1 rings (SSSR count). The molecule has 106 valence electrons. The minimum Gasteiger partial charge on any atom is -0.458 e. The van der Waals surface area contributed by atoms with Gasteiger partial charge in [-0.2, -0.15) is 0 Å². The lowest BCUT2D eigenvalue weighted by atomic mass is 9.88. The zero-order chi connectivity index (χ0) is 13.6. The van der Waals surface area contributed by atoms with Crippen molar-refractivity contribution in [3.63, 3.8) is 0 Å². The zero-order valence-corrected chi connectivity index (χ0v) is 12.0. The maximum absolute atomic E-state index is 11.4. The molecule has 1 aliphatic rings. The summed E-state index contributed by atoms with van der Waals surface area (Å²) in [6.07, 6.45) is 4.87. The highest BCUT2D eigenvalue weighted by Gasteiger charge is 2.22. The van der Waals surface area contributed by atoms with Gasteiger partial charge in [0.15, 0.2) is 0 Å². The second-order valence-corrected chi connectivity index (χ2v) is 5.99. The van der Waals surface area contributed by atoms with Crippen molar-refractivity contribution >= 4 is 5.97 Å². The largest absolute Gasteiger partial charge is 0.458 e. The third kappa shape index (κ3) is 6.36. The molecule has 4 nitrogen and oxygen atoms in total. The Morgan fingerprint density at radius 3 is 2.61 bits per heavy atom. The first kappa shape index (κ1) is 15.4. The predicted molar refractivity (Wildman–Crippen MR) is 69.4 cm³/mol. The molecule has 0 N–H and O–H groups in total. The normalized spacial score (nSPS) is 24.9. The molecule has 18 heavy (non-hydrogen) atoms. The molecular formula is C14H26O4. The van der Waals surface area contributed by atoms with E-state index in [0.717, 1.165) is 19.3 Å². The fourth-order valence-corrected chi connectivity index (χ4v) is 2.29. The van der Waals surface area contributed by atoms with Gasteiger partial charge < -0.3 is 14.2 Å². The van der Waals surface area contributed by atoms with E-state index < -0.39 is 5.60 Å². The zero-order valence-electron chi connectivity index (χ0n) is 12.0. The Labute approximate surface area is 110 Å². The van der Waals surface area contributed by atoms with Crippen molar-refractivity contribution in [2.24, 2.45) is 5.92 Å². The molecule has 0 aliphatic heterocycles. The van der Waals surface area contributed by atoms with Crippen LogP contribution in [0.5, 0.6) is 0 Å². The van der Waals surface area contributed by atoms with Crippen molar-refractivity contribution in [2.75, 3.05) is 20.3 Å². The van der Waals surface area contributed by atoms with Gasteiger partial charge >= 0.3 is 5.97 Å². The highest BCUT2D eigenvalue weighted by atomic mass is 16.6. The van der Waals surface area contributed by atoms with Crippen molar-refractivity contribution in [3.05, 3.63) is 0 Å². The number of carbonyl (C=O) groups excluding carboxylic acids is 1. The van der Waals surface area contributed by atoms with E-state index in [1.54, 1.807) is 7.11 Å². The minimum atomic E-state index is -0.438. The number of hydrogen-bond acceptors (Lipinski definition) is 4. The molecule has 0 heterocycles. The van der Waals surface area contributed by atoms with Crippen molar-refractivity contribution < 1.29 is 19.0 Å². The van der Waals surface area contributed by atoms with E-state index in [2.05, 4.69) is 0 Å². The molecule has 0 amide bonds. The predicted octanol–water partition coefficient (Wildman–Crippen LogP) is 2.55. The second kappa shape index (κ2) is 7.10. The number of methoxy groups -OCH3 is 1. The highest BCUT2D eigenvalue weighted by molar-refractivity contribution is 5.71. The summed E-state index contributed by atoms with van der Waals surface area (Å²) in [5.74, 6) is 0.215. The third-order valence-electron chi connectivity index (χ3n) is 3.06. The van der Waals surface area contributed by atoms with Crippen LogP contribution in [-0.4, -0.2) is 38.0 Å². The molecule has 2 unspecified atom stereocenters. The van der Waals surface area contributed by atoms with Crippen molar-refractivity contribution in [1.29, 1.82) is 0 Å². The first-order valence-corrected chi connectivity index (χ1v) is 6.73. The SMILES string of the molecule is COC1CCCC(COCC(=O)OC(C)(C)C)C1. The molecule has 1 saturated carbocycles. The Morgan fingerprint density at radius 1 is 1.28 bits per heavy atom. The van der Waals surface area contributed by atoms with Crippen LogP contribution in [-0.2, 0) is 19.0 Å². The van der Waals surface area contributed by atoms with Gasteiger partial charge in [0.1, 0.15) is 12.2 Å². The van der Waals surface area contributed by atoms with Crippen LogP contribution >= 0.6 is 0 Å². The molecule has 0 aromatic heterocycles. The summed E-state index contributed by atoms with van der Waals surface area (Å²) in [5.41, 5.74) is -0.438. The fourth-order valence-electron chi connectivity index (χ4n) is 2.29. The molecule has 0 aromatic carbocycles. The maximum Gasteiger partial charge on any atom is 0.332 e. The van der Waals surface area contributed by atoms with Crippen LogP contribution in [0.25, 0.3) is 0 Å². The van der Waals surface area contributed by atoms with Gasteiger partial charge in [-0.15, -0.1) is 0 Å². The summed E-state index contributed by atoms with van der Waals surface area (Å²) in [6, 6.07) is 0. The van der Waals surface area contributed by atoms with Gasteiger partial charge in [0.25, 0.3) is 0 Å². The van der Waals surface area contributed by atoms with Crippen molar-refractivity contribution in [1.82, 2.24) is 0 Å². The van der Waals surface area contributed by atoms with Gasteiger partial charge in [-0.25, -0.2) is 4.79 Å². The van der Waals surface area contributed by atoms with E-state index in [1.165, 1.54) is 6.42 Å². The number of carbonyl (C=O) groups is 1. The van der Waals surface area contributed by atoms with E-state index in [9.17, 15) is 4.79 Å². The van der Waals surface area contributed by atoms with Crippen LogP contribution in [0, 0.1) is 5.92 Å². The number of hydrogen-bond donors (Lipinski definition) is 0. The van der Waals surface area contributed by atoms with Gasteiger partial charge in [0, 0.05) is 7.11 Å². The van der Waals surface area contributed by atoms with Crippen LogP contribution in [0.15, 0.2) is 0 Å². The van der Waals surface area contributed by atoms with Crippen molar-refractivity contribution in [3.8, 4) is 0 Å². The lowest BCUT2D eigenvalue weighted by molar-refractivity contribution is -0.160. The van der Waals surface area contributed by atoms with Crippen LogP contribution in [0.1, 0.15) is 46.5 Å². The molecular weight excluding hydrogens is 232 g/mol. The first-order chi connectivity index (χ1) is 8.40. The summed E-state index contributed by atoms with van der Waals surface area (Å²) in [4.78, 5) is 11.4. The van der Waals surface area contributed by atoms with Crippen LogP contribution in [0.3, 0.4) is 0 Å². The Bertz CT molecular complexity index is 257. The topological polar surface area (TPSA) is 44.8 Å². The average Bonchev–Trinajstić information content (AvgIpc) is 2.27. The summed E-state index contributed by atoms with van der Waals surface area (Å²) in [7, 11) is 1.76. The summed E-state index contributed by atoms with van der Waals surface area (Å²) in [6.45, 7) is 6.24. The minimum absolute atomic E-state index is 0.0470. The summed E-state index contributed by atoms with van der Waals surface area (Å²) >= 11 is 0. The van der Waals surface area contributed by atoms with Gasteiger partial charge in [-0.05, 0) is 46.0 Å². The molecule has 1 aliphatic carbocycles. The molecule has 0 spiro atoms. The lowest BCUT2D eigenvalue weighted by Crippen LogP contribution is -2.28. The van der Waals surface area contributed by atoms with Crippen LogP contribution < -0.4 is 0 Å². The van der Waals surface area contributed by atoms with Gasteiger partial charge in [-0.1, -0.05) is 6.42 Å². The average molecular weight is 258 g/mol. The quantitative estimate of drug-likeness (QED) is 0.711. The molecule has 2 atom stereocenters. The second-order valence-electron chi connectivity index (χ2n) is 5.99. The Hall–Kier alpha value is -0.610. The highest BCUT2D eigenvalue weighted by Crippen LogP contribution is 2.26. The molecule has 4 heteroatoms. The molecule has 0 saturated heterocycles. The van der Waals surface area contributed by atoms with E-state index >= 15 is 0 Å². The summed E-state index contributed by atoms with van der Waals surface area (Å²) < 4.78 is 16.0. The van der Waals surface area contributed by atoms with E-state index in [1.807, 2.05) is 20.8 Å². The molecule has 0 bridgehead atoms. The van der Waals surface area contributed by atoms with Gasteiger partial charge in [0.2, 0.25) is 0 Å². The molecule has 0 radical (unpaired) electrons. The number of ether oxygens (including phenoxy) is 3. The van der Waals surface area contributed by atoms with Crippen molar-refractivity contribution in [2.45, 2.75) is 58.2 Å². The standard InChI is InChI=1S/C14H26O4/c1-14(2,3)18-13(15)10-17-9-11-6-5-7-12(8-11)16-4/h11-12H,5-10H2,1-4H3.